The molecule has 0 bridgehead atoms. The van der Waals surface area contributed by atoms with E-state index in [9.17, 15) is 0 Å². The maximum atomic E-state index is 4.95. The SMILES string of the molecule is CCNC(=NCCCn1ccc2ccccc21)N1CCC(C)C(n2ccnc2)C1.I. The van der Waals surface area contributed by atoms with Gasteiger partial charge in [-0.3, -0.25) is 4.99 Å². The van der Waals surface area contributed by atoms with Crippen LogP contribution in [0.4, 0.5) is 0 Å². The van der Waals surface area contributed by atoms with Crippen molar-refractivity contribution in [1.82, 2.24) is 24.3 Å². The zero-order valence-electron chi connectivity index (χ0n) is 17.9. The van der Waals surface area contributed by atoms with E-state index in [1.54, 1.807) is 0 Å². The highest BCUT2D eigenvalue weighted by atomic mass is 127. The quantitative estimate of drug-likeness (QED) is 0.227. The number of guanidine groups is 1. The van der Waals surface area contributed by atoms with E-state index in [0.717, 1.165) is 45.1 Å². The van der Waals surface area contributed by atoms with Crippen molar-refractivity contribution in [2.24, 2.45) is 10.9 Å². The minimum atomic E-state index is 0. The summed E-state index contributed by atoms with van der Waals surface area (Å²) in [4.78, 5) is 11.6. The fraction of sp³-hybridized carbons (Fsp3) is 0.478. The van der Waals surface area contributed by atoms with E-state index in [-0.39, 0.29) is 24.0 Å². The molecule has 0 aliphatic carbocycles. The average molecular weight is 520 g/mol. The van der Waals surface area contributed by atoms with Gasteiger partial charge in [-0.25, -0.2) is 4.98 Å². The third kappa shape index (κ3) is 5.17. The Kier molecular flexibility index (Phi) is 8.18. The van der Waals surface area contributed by atoms with Crippen LogP contribution in [0.25, 0.3) is 10.9 Å². The molecule has 6 nitrogen and oxygen atoms in total. The van der Waals surface area contributed by atoms with Crippen LogP contribution < -0.4 is 5.32 Å². The Morgan fingerprint density at radius 3 is 2.90 bits per heavy atom. The lowest BCUT2D eigenvalue weighted by Gasteiger charge is -2.39. The topological polar surface area (TPSA) is 50.4 Å². The average Bonchev–Trinajstić information content (AvgIpc) is 3.41. The molecule has 1 aromatic carbocycles. The molecule has 0 radical (unpaired) electrons. The van der Waals surface area contributed by atoms with E-state index in [4.69, 9.17) is 4.99 Å². The lowest BCUT2D eigenvalue weighted by molar-refractivity contribution is 0.189. The number of fused-ring (bicyclic) bond motifs is 1. The van der Waals surface area contributed by atoms with Crippen LogP contribution in [0.15, 0.2) is 60.2 Å². The first-order valence-corrected chi connectivity index (χ1v) is 10.8. The van der Waals surface area contributed by atoms with Gasteiger partial charge in [0.2, 0.25) is 0 Å². The van der Waals surface area contributed by atoms with Crippen molar-refractivity contribution < 1.29 is 0 Å². The molecule has 4 rings (SSSR count). The monoisotopic (exact) mass is 520 g/mol. The number of para-hydroxylation sites is 1. The zero-order valence-corrected chi connectivity index (χ0v) is 20.3. The summed E-state index contributed by atoms with van der Waals surface area (Å²) in [6.45, 7) is 9.23. The first kappa shape index (κ1) is 22.7. The van der Waals surface area contributed by atoms with E-state index in [0.29, 0.717) is 12.0 Å². The summed E-state index contributed by atoms with van der Waals surface area (Å²) in [7, 11) is 0. The highest BCUT2D eigenvalue weighted by Gasteiger charge is 2.28. The van der Waals surface area contributed by atoms with Gasteiger partial charge in [0.25, 0.3) is 0 Å². The molecule has 2 unspecified atom stereocenters. The molecule has 1 aliphatic rings. The van der Waals surface area contributed by atoms with Crippen LogP contribution in [0.5, 0.6) is 0 Å². The van der Waals surface area contributed by atoms with Crippen LogP contribution in [0.1, 0.15) is 32.7 Å². The first-order chi connectivity index (χ1) is 14.3. The highest BCUT2D eigenvalue weighted by molar-refractivity contribution is 14.0. The van der Waals surface area contributed by atoms with Crippen LogP contribution in [0.2, 0.25) is 0 Å². The maximum Gasteiger partial charge on any atom is 0.193 e. The summed E-state index contributed by atoms with van der Waals surface area (Å²) >= 11 is 0. The second-order valence-electron chi connectivity index (χ2n) is 7.95. The van der Waals surface area contributed by atoms with Crippen molar-refractivity contribution in [1.29, 1.82) is 0 Å². The van der Waals surface area contributed by atoms with Gasteiger partial charge in [0, 0.05) is 56.8 Å². The predicted molar refractivity (Wildman–Crippen MR) is 135 cm³/mol. The molecule has 0 amide bonds. The summed E-state index contributed by atoms with van der Waals surface area (Å²) in [5, 5.41) is 4.80. The minimum Gasteiger partial charge on any atom is -0.357 e. The third-order valence-corrected chi connectivity index (χ3v) is 5.96. The van der Waals surface area contributed by atoms with Gasteiger partial charge in [-0.2, -0.15) is 0 Å². The molecule has 1 aliphatic heterocycles. The van der Waals surface area contributed by atoms with Crippen molar-refractivity contribution in [3.05, 3.63) is 55.2 Å². The van der Waals surface area contributed by atoms with Gasteiger partial charge in [-0.1, -0.05) is 25.1 Å². The van der Waals surface area contributed by atoms with Crippen molar-refractivity contribution in [3.8, 4) is 0 Å². The molecule has 3 heterocycles. The van der Waals surface area contributed by atoms with E-state index in [1.807, 2.05) is 12.5 Å². The fourth-order valence-corrected chi connectivity index (χ4v) is 4.28. The molecule has 2 atom stereocenters. The lowest BCUT2D eigenvalue weighted by Crippen LogP contribution is -2.49. The maximum absolute atomic E-state index is 4.95. The Balaban J connectivity index is 0.00000256. The van der Waals surface area contributed by atoms with Crippen LogP contribution in [0, 0.1) is 5.92 Å². The number of benzene rings is 1. The van der Waals surface area contributed by atoms with Crippen molar-refractivity contribution in [2.75, 3.05) is 26.2 Å². The molecular weight excluding hydrogens is 487 g/mol. The number of nitrogens with one attached hydrogen (secondary N) is 1. The Labute approximate surface area is 196 Å². The van der Waals surface area contributed by atoms with Gasteiger partial charge in [-0.05, 0) is 43.2 Å². The Morgan fingerprint density at radius 2 is 2.10 bits per heavy atom. The largest absolute Gasteiger partial charge is 0.357 e. The first-order valence-electron chi connectivity index (χ1n) is 10.8. The molecule has 162 valence electrons. The smallest absolute Gasteiger partial charge is 0.193 e. The van der Waals surface area contributed by atoms with E-state index in [2.05, 4.69) is 80.9 Å². The van der Waals surface area contributed by atoms with Crippen molar-refractivity contribution in [2.45, 2.75) is 39.3 Å². The number of rotatable bonds is 6. The van der Waals surface area contributed by atoms with E-state index < -0.39 is 0 Å². The summed E-state index contributed by atoms with van der Waals surface area (Å²) in [5.41, 5.74) is 1.30. The Bertz CT molecular complexity index is 932. The Morgan fingerprint density at radius 1 is 1.23 bits per heavy atom. The second kappa shape index (κ2) is 10.8. The summed E-state index contributed by atoms with van der Waals surface area (Å²) in [6.07, 6.45) is 10.3. The minimum absolute atomic E-state index is 0. The number of piperidine rings is 1. The number of hydrogen-bond acceptors (Lipinski definition) is 2. The number of nitrogens with zero attached hydrogens (tertiary/aromatic N) is 5. The number of aliphatic imine (C=N–C) groups is 1. The number of hydrogen-bond donors (Lipinski definition) is 1. The number of aryl methyl sites for hydroxylation is 1. The number of aromatic nitrogens is 3. The van der Waals surface area contributed by atoms with Gasteiger partial charge in [-0.15, -0.1) is 24.0 Å². The van der Waals surface area contributed by atoms with Gasteiger partial charge in [0.1, 0.15) is 0 Å². The molecule has 1 saturated heterocycles. The van der Waals surface area contributed by atoms with E-state index in [1.165, 1.54) is 17.3 Å². The summed E-state index contributed by atoms with van der Waals surface area (Å²) in [6, 6.07) is 11.2. The second-order valence-corrected chi connectivity index (χ2v) is 7.95. The molecule has 3 aromatic rings. The normalized spacial score (nSPS) is 19.7. The molecule has 7 heteroatoms. The van der Waals surface area contributed by atoms with Crippen molar-refractivity contribution >= 4 is 40.8 Å². The predicted octanol–water partition coefficient (Wildman–Crippen LogP) is 4.39. The molecule has 1 N–H and O–H groups in total. The highest BCUT2D eigenvalue weighted by Crippen LogP contribution is 2.27. The van der Waals surface area contributed by atoms with Crippen LogP contribution in [-0.4, -0.2) is 51.2 Å². The van der Waals surface area contributed by atoms with Gasteiger partial charge in [0.15, 0.2) is 5.96 Å². The molecule has 30 heavy (non-hydrogen) atoms. The van der Waals surface area contributed by atoms with Crippen molar-refractivity contribution in [3.63, 3.8) is 0 Å². The zero-order chi connectivity index (χ0) is 20.1. The molecule has 0 saturated carbocycles. The van der Waals surface area contributed by atoms with Gasteiger partial charge in [0.05, 0.1) is 12.4 Å². The standard InChI is InChI=1S/C23H32N6.HI/c1-3-25-23(28-14-9-19(2)22(17-28)29-16-12-24-18-29)26-11-6-13-27-15-10-20-7-4-5-8-21(20)27;/h4-5,7-8,10,12,15-16,18-19,22H,3,6,9,11,13-14,17H2,1-2H3,(H,25,26);1H. The number of halogens is 1. The fourth-order valence-electron chi connectivity index (χ4n) is 4.28. The number of likely N-dealkylation sites (tertiary alicyclic amines) is 1. The van der Waals surface area contributed by atoms with Gasteiger partial charge >= 0.3 is 0 Å². The third-order valence-electron chi connectivity index (χ3n) is 5.96. The van der Waals surface area contributed by atoms with E-state index >= 15 is 0 Å². The van der Waals surface area contributed by atoms with Crippen LogP contribution >= 0.6 is 24.0 Å². The molecule has 0 spiro atoms. The van der Waals surface area contributed by atoms with Crippen LogP contribution in [0.3, 0.4) is 0 Å². The molecular formula is C23H33IN6. The van der Waals surface area contributed by atoms with Gasteiger partial charge < -0.3 is 19.4 Å². The summed E-state index contributed by atoms with van der Waals surface area (Å²) in [5.74, 6) is 1.69. The summed E-state index contributed by atoms with van der Waals surface area (Å²) < 4.78 is 4.58. The molecule has 1 fully saturated rings. The lowest BCUT2D eigenvalue weighted by atomic mass is 9.93. The Hall–Kier alpha value is -2.03. The number of imidazole rings is 1. The van der Waals surface area contributed by atoms with Crippen LogP contribution in [-0.2, 0) is 6.54 Å². The molecule has 2 aromatic heterocycles.